The van der Waals surface area contributed by atoms with Gasteiger partial charge in [0.1, 0.15) is 0 Å². The molecular formula is C9H11NO. The Balaban J connectivity index is 2.27. The quantitative estimate of drug-likeness (QED) is 0.547. The fourth-order valence-corrected chi connectivity index (χ4v) is 1.58. The third-order valence-corrected chi connectivity index (χ3v) is 2.25. The molecule has 1 amide bonds. The fourth-order valence-electron chi connectivity index (χ4n) is 1.58. The van der Waals surface area contributed by atoms with Gasteiger partial charge in [0, 0.05) is 6.04 Å². The summed E-state index contributed by atoms with van der Waals surface area (Å²) in [6.45, 7) is 0. The molecule has 1 aliphatic carbocycles. The van der Waals surface area contributed by atoms with E-state index >= 15 is 0 Å². The van der Waals surface area contributed by atoms with E-state index < -0.39 is 0 Å². The van der Waals surface area contributed by atoms with Crippen LogP contribution in [0.15, 0.2) is 24.3 Å². The lowest BCUT2D eigenvalue weighted by Gasteiger charge is -2.26. The summed E-state index contributed by atoms with van der Waals surface area (Å²) in [4.78, 5) is 11.2. The average Bonchev–Trinajstić information content (AvgIpc) is 1.92. The summed E-state index contributed by atoms with van der Waals surface area (Å²) < 4.78 is 0. The smallest absolute Gasteiger partial charge is 0.227 e. The van der Waals surface area contributed by atoms with Crippen LogP contribution in [0.1, 0.15) is 12.8 Å². The molecule has 2 bridgehead atoms. The Morgan fingerprint density at radius 2 is 2.09 bits per heavy atom. The Kier molecular flexibility index (Phi) is 1.53. The van der Waals surface area contributed by atoms with Gasteiger partial charge >= 0.3 is 0 Å². The zero-order valence-corrected chi connectivity index (χ0v) is 6.29. The molecule has 0 radical (unpaired) electrons. The van der Waals surface area contributed by atoms with Gasteiger partial charge in [-0.15, -0.1) is 0 Å². The Bertz CT molecular complexity index is 230. The molecule has 0 aromatic carbocycles. The van der Waals surface area contributed by atoms with E-state index in [-0.39, 0.29) is 17.9 Å². The summed E-state index contributed by atoms with van der Waals surface area (Å²) >= 11 is 0. The van der Waals surface area contributed by atoms with Gasteiger partial charge in [0.2, 0.25) is 5.91 Å². The lowest BCUT2D eigenvalue weighted by Crippen LogP contribution is -2.42. The number of allylic oxidation sites excluding steroid dienone is 2. The number of carbonyl (C=O) groups excluding carboxylic acids is 1. The standard InChI is InChI=1S/C9H11NO/c11-9-7-3-1-2-4-8(10-9)6-5-7/h1-4,7-8H,5-6H2,(H,10,11). The molecule has 0 aromatic rings. The van der Waals surface area contributed by atoms with Crippen molar-refractivity contribution in [2.45, 2.75) is 18.9 Å². The van der Waals surface area contributed by atoms with Crippen LogP contribution < -0.4 is 5.32 Å². The van der Waals surface area contributed by atoms with Crippen molar-refractivity contribution < 1.29 is 4.79 Å². The van der Waals surface area contributed by atoms with Gasteiger partial charge in [-0.1, -0.05) is 24.3 Å². The van der Waals surface area contributed by atoms with E-state index in [1.807, 2.05) is 24.3 Å². The highest BCUT2D eigenvalue weighted by molar-refractivity contribution is 5.82. The summed E-state index contributed by atoms with van der Waals surface area (Å²) in [5.74, 6) is 0.304. The Morgan fingerprint density at radius 1 is 1.27 bits per heavy atom. The molecule has 3 rings (SSSR count). The number of piperidine rings is 1. The number of hydrogen-bond acceptors (Lipinski definition) is 1. The first kappa shape index (κ1) is 6.65. The molecular weight excluding hydrogens is 138 g/mol. The van der Waals surface area contributed by atoms with Crippen molar-refractivity contribution in [3.63, 3.8) is 0 Å². The molecule has 2 nitrogen and oxygen atoms in total. The van der Waals surface area contributed by atoms with E-state index in [4.69, 9.17) is 0 Å². The predicted molar refractivity (Wildman–Crippen MR) is 42.9 cm³/mol. The van der Waals surface area contributed by atoms with Crippen LogP contribution in [0.25, 0.3) is 0 Å². The second-order valence-corrected chi connectivity index (χ2v) is 3.07. The van der Waals surface area contributed by atoms with Gasteiger partial charge in [0.15, 0.2) is 0 Å². The summed E-state index contributed by atoms with van der Waals surface area (Å²) in [5, 5.41) is 2.94. The molecule has 2 heterocycles. The largest absolute Gasteiger partial charge is 0.349 e. The maximum Gasteiger partial charge on any atom is 0.227 e. The summed E-state index contributed by atoms with van der Waals surface area (Å²) in [5.41, 5.74) is 0. The first-order valence-corrected chi connectivity index (χ1v) is 4.01. The van der Waals surface area contributed by atoms with E-state index in [1.165, 1.54) is 0 Å². The molecule has 1 N–H and O–H groups in total. The van der Waals surface area contributed by atoms with E-state index in [0.29, 0.717) is 0 Å². The molecule has 2 unspecified atom stereocenters. The highest BCUT2D eigenvalue weighted by atomic mass is 16.2. The summed E-state index contributed by atoms with van der Waals surface area (Å²) in [6, 6.07) is 0.281. The molecule has 11 heavy (non-hydrogen) atoms. The van der Waals surface area contributed by atoms with E-state index in [1.54, 1.807) is 0 Å². The molecule has 1 fully saturated rings. The van der Waals surface area contributed by atoms with Crippen molar-refractivity contribution in [3.8, 4) is 0 Å². The molecule has 2 aliphatic heterocycles. The van der Waals surface area contributed by atoms with Crippen molar-refractivity contribution in [2.24, 2.45) is 5.92 Å². The van der Waals surface area contributed by atoms with E-state index in [2.05, 4.69) is 5.32 Å². The second kappa shape index (κ2) is 2.53. The number of carbonyl (C=O) groups is 1. The topological polar surface area (TPSA) is 29.1 Å². The Hall–Kier alpha value is -1.05. The van der Waals surface area contributed by atoms with Crippen LogP contribution in [-0.2, 0) is 4.79 Å². The van der Waals surface area contributed by atoms with Crippen molar-refractivity contribution >= 4 is 5.91 Å². The number of rotatable bonds is 0. The molecule has 0 saturated carbocycles. The van der Waals surface area contributed by atoms with Gasteiger partial charge in [0.25, 0.3) is 0 Å². The fraction of sp³-hybridized carbons (Fsp3) is 0.444. The van der Waals surface area contributed by atoms with Crippen molar-refractivity contribution in [1.82, 2.24) is 5.32 Å². The highest BCUT2D eigenvalue weighted by Crippen LogP contribution is 2.19. The maximum atomic E-state index is 11.2. The van der Waals surface area contributed by atoms with Gasteiger partial charge < -0.3 is 5.32 Å². The normalized spacial score (nSPS) is 34.7. The minimum Gasteiger partial charge on any atom is -0.349 e. The average molecular weight is 149 g/mol. The van der Waals surface area contributed by atoms with Crippen LogP contribution in [0.2, 0.25) is 0 Å². The Morgan fingerprint density at radius 3 is 2.91 bits per heavy atom. The molecule has 3 aliphatic rings. The second-order valence-electron chi connectivity index (χ2n) is 3.07. The van der Waals surface area contributed by atoms with Crippen molar-refractivity contribution in [1.29, 1.82) is 0 Å². The highest BCUT2D eigenvalue weighted by Gasteiger charge is 2.24. The van der Waals surface area contributed by atoms with Crippen LogP contribution >= 0.6 is 0 Å². The summed E-state index contributed by atoms with van der Waals surface area (Å²) in [7, 11) is 0. The van der Waals surface area contributed by atoms with E-state index in [9.17, 15) is 4.79 Å². The van der Waals surface area contributed by atoms with Crippen LogP contribution in [0.4, 0.5) is 0 Å². The van der Waals surface area contributed by atoms with Crippen LogP contribution in [0.5, 0.6) is 0 Å². The van der Waals surface area contributed by atoms with Crippen LogP contribution in [0, 0.1) is 5.92 Å². The number of fused-ring (bicyclic) bond motifs is 3. The first-order valence-electron chi connectivity index (χ1n) is 4.01. The first-order chi connectivity index (χ1) is 5.36. The third kappa shape index (κ3) is 1.20. The van der Waals surface area contributed by atoms with Gasteiger partial charge in [-0.3, -0.25) is 4.79 Å². The number of nitrogens with one attached hydrogen (secondary N) is 1. The summed E-state index contributed by atoms with van der Waals surface area (Å²) in [6.07, 6.45) is 10.1. The molecule has 58 valence electrons. The van der Waals surface area contributed by atoms with Gasteiger partial charge in [-0.2, -0.15) is 0 Å². The monoisotopic (exact) mass is 149 g/mol. The van der Waals surface area contributed by atoms with Crippen LogP contribution in [0.3, 0.4) is 0 Å². The molecule has 0 spiro atoms. The lowest BCUT2D eigenvalue weighted by molar-refractivity contribution is -0.125. The third-order valence-electron chi connectivity index (χ3n) is 2.25. The Labute approximate surface area is 66.0 Å². The number of amides is 1. The molecule has 2 atom stereocenters. The molecule has 0 aromatic heterocycles. The molecule has 1 saturated heterocycles. The van der Waals surface area contributed by atoms with Crippen molar-refractivity contribution in [2.75, 3.05) is 0 Å². The predicted octanol–water partition coefficient (Wildman–Crippen LogP) is 1.01. The zero-order chi connectivity index (χ0) is 7.68. The zero-order valence-electron chi connectivity index (χ0n) is 6.29. The van der Waals surface area contributed by atoms with E-state index in [0.717, 1.165) is 12.8 Å². The van der Waals surface area contributed by atoms with Crippen molar-refractivity contribution in [3.05, 3.63) is 24.3 Å². The van der Waals surface area contributed by atoms with Gasteiger partial charge in [-0.25, -0.2) is 0 Å². The lowest BCUT2D eigenvalue weighted by atomic mass is 9.91. The SMILES string of the molecule is O=C1NC2C=CC=CC1CC2. The van der Waals surface area contributed by atoms with Crippen LogP contribution in [-0.4, -0.2) is 11.9 Å². The maximum absolute atomic E-state index is 11.2. The molecule has 2 heteroatoms. The minimum absolute atomic E-state index is 0.121. The van der Waals surface area contributed by atoms with Gasteiger partial charge in [0.05, 0.1) is 5.92 Å². The van der Waals surface area contributed by atoms with Gasteiger partial charge in [-0.05, 0) is 12.8 Å². The number of hydrogen-bond donors (Lipinski definition) is 1. The minimum atomic E-state index is 0.121.